The Morgan fingerprint density at radius 1 is 1.14 bits per heavy atom. The molecule has 0 saturated heterocycles. The second-order valence-electron chi connectivity index (χ2n) is 4.93. The van der Waals surface area contributed by atoms with Crippen LogP contribution >= 0.6 is 0 Å². The fourth-order valence-electron chi connectivity index (χ4n) is 2.36. The molecular formula is C17H17N3O2. The van der Waals surface area contributed by atoms with Gasteiger partial charge >= 0.3 is 0 Å². The highest BCUT2D eigenvalue weighted by atomic mass is 16.5. The summed E-state index contributed by atoms with van der Waals surface area (Å²) < 4.78 is 6.98. The number of pyridine rings is 1. The third kappa shape index (κ3) is 2.99. The van der Waals surface area contributed by atoms with E-state index in [1.54, 1.807) is 30.4 Å². The van der Waals surface area contributed by atoms with Gasteiger partial charge in [-0.15, -0.1) is 0 Å². The summed E-state index contributed by atoms with van der Waals surface area (Å²) in [5, 5.41) is 14.8. The number of aliphatic hydroxyl groups excluding tert-OH is 1. The zero-order valence-corrected chi connectivity index (χ0v) is 12.3. The van der Waals surface area contributed by atoms with Crippen molar-refractivity contribution in [1.82, 2.24) is 14.8 Å². The number of hydrogen-bond acceptors (Lipinski definition) is 4. The van der Waals surface area contributed by atoms with Crippen LogP contribution in [0.2, 0.25) is 0 Å². The van der Waals surface area contributed by atoms with Gasteiger partial charge in [-0.05, 0) is 35.9 Å². The van der Waals surface area contributed by atoms with Crippen LogP contribution in [-0.4, -0.2) is 27.0 Å². The Morgan fingerprint density at radius 3 is 2.73 bits per heavy atom. The summed E-state index contributed by atoms with van der Waals surface area (Å²) in [6, 6.07) is 13.2. The van der Waals surface area contributed by atoms with E-state index in [4.69, 9.17) is 4.74 Å². The molecule has 2 heterocycles. The molecule has 0 bridgehead atoms. The lowest BCUT2D eigenvalue weighted by atomic mass is 10.1. The zero-order chi connectivity index (χ0) is 15.4. The highest BCUT2D eigenvalue weighted by Crippen LogP contribution is 2.23. The second-order valence-corrected chi connectivity index (χ2v) is 4.93. The number of nitrogens with zero attached hydrogens (tertiary/aromatic N) is 3. The summed E-state index contributed by atoms with van der Waals surface area (Å²) >= 11 is 0. The molecule has 1 aromatic carbocycles. The van der Waals surface area contributed by atoms with E-state index < -0.39 is 6.10 Å². The molecule has 5 heteroatoms. The van der Waals surface area contributed by atoms with Crippen molar-refractivity contribution in [2.45, 2.75) is 12.6 Å². The molecule has 0 saturated carbocycles. The molecule has 112 valence electrons. The molecule has 0 spiro atoms. The molecule has 0 fully saturated rings. The number of benzene rings is 1. The number of methoxy groups -OCH3 is 1. The first kappa shape index (κ1) is 14.3. The van der Waals surface area contributed by atoms with Gasteiger partial charge in [-0.1, -0.05) is 12.1 Å². The van der Waals surface area contributed by atoms with Crippen molar-refractivity contribution in [1.29, 1.82) is 0 Å². The van der Waals surface area contributed by atoms with E-state index in [2.05, 4.69) is 10.1 Å². The second kappa shape index (κ2) is 6.41. The zero-order valence-electron chi connectivity index (χ0n) is 12.3. The van der Waals surface area contributed by atoms with E-state index in [0.29, 0.717) is 6.54 Å². The summed E-state index contributed by atoms with van der Waals surface area (Å²) in [6.45, 7) is 0.373. The molecule has 2 aromatic heterocycles. The first-order valence-electron chi connectivity index (χ1n) is 7.02. The van der Waals surface area contributed by atoms with Crippen molar-refractivity contribution in [3.8, 4) is 17.0 Å². The normalized spacial score (nSPS) is 12.1. The standard InChI is InChI=1S/C17H17N3O2/c1-22-15-4-2-3-14(11-15)17(21)12-20-16(7-10-19-20)13-5-8-18-9-6-13/h2-11,17,21H,12H2,1H3/t17-/m1/s1. The average molecular weight is 295 g/mol. The van der Waals surface area contributed by atoms with Crippen molar-refractivity contribution < 1.29 is 9.84 Å². The molecule has 3 rings (SSSR count). The Labute approximate surface area is 128 Å². The number of aliphatic hydroxyl groups is 1. The van der Waals surface area contributed by atoms with Crippen LogP contribution in [0.1, 0.15) is 11.7 Å². The SMILES string of the molecule is COc1cccc([C@H](O)Cn2nccc2-c2ccncc2)c1. The van der Waals surface area contributed by atoms with E-state index in [1.165, 1.54) is 0 Å². The van der Waals surface area contributed by atoms with Gasteiger partial charge in [0.25, 0.3) is 0 Å². The molecule has 0 aliphatic rings. The minimum absolute atomic E-state index is 0.373. The predicted octanol–water partition coefficient (Wildman–Crippen LogP) is 2.69. The van der Waals surface area contributed by atoms with E-state index in [-0.39, 0.29) is 0 Å². The molecular weight excluding hydrogens is 278 g/mol. The number of aromatic nitrogens is 3. The molecule has 0 aliphatic carbocycles. The summed E-state index contributed by atoms with van der Waals surface area (Å²) in [4.78, 5) is 4.02. The van der Waals surface area contributed by atoms with Gasteiger partial charge < -0.3 is 9.84 Å². The van der Waals surface area contributed by atoms with Gasteiger partial charge in [0.1, 0.15) is 5.75 Å². The Balaban J connectivity index is 1.83. The van der Waals surface area contributed by atoms with E-state index in [1.807, 2.05) is 42.5 Å². The van der Waals surface area contributed by atoms with Crippen LogP contribution in [0.4, 0.5) is 0 Å². The van der Waals surface area contributed by atoms with Gasteiger partial charge in [-0.2, -0.15) is 5.10 Å². The molecule has 0 radical (unpaired) electrons. The molecule has 3 aromatic rings. The van der Waals surface area contributed by atoms with Crippen LogP contribution in [0, 0.1) is 0 Å². The van der Waals surface area contributed by atoms with Crippen LogP contribution in [0.25, 0.3) is 11.3 Å². The first-order valence-corrected chi connectivity index (χ1v) is 7.02. The van der Waals surface area contributed by atoms with Gasteiger partial charge in [-0.3, -0.25) is 9.67 Å². The van der Waals surface area contributed by atoms with Gasteiger partial charge in [-0.25, -0.2) is 0 Å². The summed E-state index contributed by atoms with van der Waals surface area (Å²) in [7, 11) is 1.61. The minimum atomic E-state index is -0.657. The minimum Gasteiger partial charge on any atom is -0.497 e. The lowest BCUT2D eigenvalue weighted by Crippen LogP contribution is -2.11. The average Bonchev–Trinajstić information content (AvgIpc) is 3.04. The third-order valence-electron chi connectivity index (χ3n) is 3.52. The monoisotopic (exact) mass is 295 g/mol. The molecule has 1 N–H and O–H groups in total. The lowest BCUT2D eigenvalue weighted by molar-refractivity contribution is 0.152. The van der Waals surface area contributed by atoms with Crippen molar-refractivity contribution in [3.63, 3.8) is 0 Å². The molecule has 0 aliphatic heterocycles. The van der Waals surface area contributed by atoms with Gasteiger partial charge in [0.2, 0.25) is 0 Å². The topological polar surface area (TPSA) is 60.2 Å². The van der Waals surface area contributed by atoms with Crippen molar-refractivity contribution in [2.75, 3.05) is 7.11 Å². The van der Waals surface area contributed by atoms with Crippen molar-refractivity contribution >= 4 is 0 Å². The maximum atomic E-state index is 10.5. The Morgan fingerprint density at radius 2 is 1.95 bits per heavy atom. The predicted molar refractivity (Wildman–Crippen MR) is 83.4 cm³/mol. The Hall–Kier alpha value is -2.66. The van der Waals surface area contributed by atoms with Crippen molar-refractivity contribution in [3.05, 3.63) is 66.6 Å². The highest BCUT2D eigenvalue weighted by Gasteiger charge is 2.13. The quantitative estimate of drug-likeness (QED) is 0.786. The largest absolute Gasteiger partial charge is 0.497 e. The molecule has 1 atom stereocenters. The van der Waals surface area contributed by atoms with Gasteiger partial charge in [0.15, 0.2) is 0 Å². The Bertz CT molecular complexity index is 740. The van der Waals surface area contributed by atoms with Gasteiger partial charge in [0, 0.05) is 24.2 Å². The van der Waals surface area contributed by atoms with E-state index in [9.17, 15) is 5.11 Å². The summed E-state index contributed by atoms with van der Waals surface area (Å²) in [5.74, 6) is 0.728. The number of hydrogen-bond donors (Lipinski definition) is 1. The highest BCUT2D eigenvalue weighted by molar-refractivity contribution is 5.58. The van der Waals surface area contributed by atoms with Crippen molar-refractivity contribution in [2.24, 2.45) is 0 Å². The smallest absolute Gasteiger partial charge is 0.119 e. The van der Waals surface area contributed by atoms with Gasteiger partial charge in [0.05, 0.1) is 25.5 Å². The lowest BCUT2D eigenvalue weighted by Gasteiger charge is -2.14. The van der Waals surface area contributed by atoms with Crippen LogP contribution < -0.4 is 4.74 Å². The number of ether oxygens (including phenoxy) is 1. The summed E-state index contributed by atoms with van der Waals surface area (Å²) in [6.07, 6.45) is 4.56. The first-order chi connectivity index (χ1) is 10.8. The Kier molecular flexibility index (Phi) is 4.16. The van der Waals surface area contributed by atoms with Crippen LogP contribution in [0.5, 0.6) is 5.75 Å². The maximum Gasteiger partial charge on any atom is 0.119 e. The molecule has 22 heavy (non-hydrogen) atoms. The molecule has 0 unspecified atom stereocenters. The van der Waals surface area contributed by atoms with E-state index in [0.717, 1.165) is 22.6 Å². The fourth-order valence-corrected chi connectivity index (χ4v) is 2.36. The fraction of sp³-hybridized carbons (Fsp3) is 0.176. The molecule has 0 amide bonds. The maximum absolute atomic E-state index is 10.5. The molecule has 5 nitrogen and oxygen atoms in total. The van der Waals surface area contributed by atoms with Crippen LogP contribution in [0.3, 0.4) is 0 Å². The third-order valence-corrected chi connectivity index (χ3v) is 3.52. The van der Waals surface area contributed by atoms with Crippen LogP contribution in [0.15, 0.2) is 61.1 Å². The van der Waals surface area contributed by atoms with E-state index >= 15 is 0 Å². The summed E-state index contributed by atoms with van der Waals surface area (Å²) in [5.41, 5.74) is 2.77. The number of rotatable bonds is 5. The van der Waals surface area contributed by atoms with Crippen LogP contribution in [-0.2, 0) is 6.54 Å².